The third kappa shape index (κ3) is 3.58. The third-order valence-corrected chi connectivity index (χ3v) is 5.00. The van der Waals surface area contributed by atoms with E-state index in [4.69, 9.17) is 23.2 Å². The molecule has 1 nitrogen and oxygen atoms in total. The van der Waals surface area contributed by atoms with E-state index in [1.807, 2.05) is 18.2 Å². The lowest BCUT2D eigenvalue weighted by Gasteiger charge is -2.13. The van der Waals surface area contributed by atoms with E-state index < -0.39 is 0 Å². The molecule has 0 saturated carbocycles. The summed E-state index contributed by atoms with van der Waals surface area (Å²) in [4.78, 5) is 4.58. The van der Waals surface area contributed by atoms with Crippen molar-refractivity contribution < 1.29 is 0 Å². The number of alkyl halides is 1. The van der Waals surface area contributed by atoms with Crippen LogP contribution in [0.3, 0.4) is 0 Å². The fraction of sp³-hybridized carbons (Fsp3) is 0.286. The van der Waals surface area contributed by atoms with Crippen LogP contribution >= 0.6 is 23.2 Å². The van der Waals surface area contributed by atoms with Crippen LogP contribution in [0.5, 0.6) is 0 Å². The Balaban J connectivity index is 2.03. The number of hydrogen-bond acceptors (Lipinski definition) is 1. The van der Waals surface area contributed by atoms with Gasteiger partial charge < -0.3 is 0 Å². The van der Waals surface area contributed by atoms with E-state index in [0.29, 0.717) is 10.9 Å². The highest BCUT2D eigenvalue weighted by Crippen LogP contribution is 2.37. The Morgan fingerprint density at radius 3 is 2.42 bits per heavy atom. The smallest absolute Gasteiger partial charge is 0.0751 e. The summed E-state index contributed by atoms with van der Waals surface area (Å²) in [6.07, 6.45) is 4.90. The van der Waals surface area contributed by atoms with Crippen molar-refractivity contribution in [2.75, 3.05) is 0 Å². The van der Waals surface area contributed by atoms with Gasteiger partial charge >= 0.3 is 0 Å². The van der Waals surface area contributed by atoms with Gasteiger partial charge in [-0.05, 0) is 30.0 Å². The predicted molar refractivity (Wildman–Crippen MR) is 105 cm³/mol. The number of hydrogen-bond donors (Lipinski definition) is 0. The van der Waals surface area contributed by atoms with Crippen molar-refractivity contribution in [2.24, 2.45) is 0 Å². The summed E-state index contributed by atoms with van der Waals surface area (Å²) in [5.74, 6) is 0.311. The lowest BCUT2D eigenvalue weighted by molar-refractivity contribution is 0.717. The van der Waals surface area contributed by atoms with E-state index in [-0.39, 0.29) is 0 Å². The third-order valence-electron chi connectivity index (χ3n) is 4.34. The van der Waals surface area contributed by atoms with E-state index in [1.165, 1.54) is 24.8 Å². The number of halogens is 2. The summed E-state index contributed by atoms with van der Waals surface area (Å²) in [6.45, 7) is 2.23. The molecule has 24 heavy (non-hydrogen) atoms. The highest BCUT2D eigenvalue weighted by Gasteiger charge is 2.14. The number of benzene rings is 2. The molecule has 0 saturated heterocycles. The van der Waals surface area contributed by atoms with Gasteiger partial charge in [-0.15, -0.1) is 11.6 Å². The largest absolute Gasteiger partial charge is 0.250 e. The first kappa shape index (κ1) is 17.3. The van der Waals surface area contributed by atoms with E-state index in [0.717, 1.165) is 34.1 Å². The van der Waals surface area contributed by atoms with Gasteiger partial charge in [-0.2, -0.15) is 0 Å². The number of aromatic nitrogens is 1. The van der Waals surface area contributed by atoms with Crippen molar-refractivity contribution in [1.82, 2.24) is 4.98 Å². The Bertz CT molecular complexity index is 825. The summed E-state index contributed by atoms with van der Waals surface area (Å²) >= 11 is 12.7. The van der Waals surface area contributed by atoms with Crippen molar-refractivity contribution in [3.8, 4) is 11.1 Å². The van der Waals surface area contributed by atoms with Crippen LogP contribution < -0.4 is 0 Å². The summed E-state index contributed by atoms with van der Waals surface area (Å²) in [6, 6.07) is 16.8. The molecule has 1 heterocycles. The maximum atomic E-state index is 6.62. The number of aryl methyl sites for hydroxylation is 1. The lowest BCUT2D eigenvalue weighted by atomic mass is 9.98. The first-order valence-corrected chi connectivity index (χ1v) is 9.38. The van der Waals surface area contributed by atoms with Gasteiger partial charge in [0.15, 0.2) is 0 Å². The number of unbranched alkanes of at least 4 members (excludes halogenated alkanes) is 2. The minimum absolute atomic E-state index is 0.311. The number of pyridine rings is 1. The molecule has 2 aromatic carbocycles. The van der Waals surface area contributed by atoms with Crippen LogP contribution in [-0.2, 0) is 12.3 Å². The molecule has 3 aromatic rings. The number of nitrogens with zero attached hydrogens (tertiary/aromatic N) is 1. The first-order valence-electron chi connectivity index (χ1n) is 8.47. The predicted octanol–water partition coefficient (Wildman–Crippen LogP) is 7.03. The average molecular weight is 358 g/mol. The monoisotopic (exact) mass is 357 g/mol. The van der Waals surface area contributed by atoms with Crippen molar-refractivity contribution >= 4 is 34.1 Å². The van der Waals surface area contributed by atoms with Crippen LogP contribution in [0.25, 0.3) is 22.0 Å². The standard InChI is InChI=1S/C21H21Cl2N/c1-2-3-4-7-15-10-12-16(13-11-15)20-17-8-5-6-9-18(17)24-19(14-22)21(20)23/h5-6,8-13H,2-4,7,14H2,1H3. The minimum atomic E-state index is 0.311. The van der Waals surface area contributed by atoms with Crippen LogP contribution in [0.2, 0.25) is 5.02 Å². The SMILES string of the molecule is CCCCCc1ccc(-c2c(Cl)c(CCl)nc3ccccc23)cc1. The molecule has 0 bridgehead atoms. The van der Waals surface area contributed by atoms with E-state index >= 15 is 0 Å². The van der Waals surface area contributed by atoms with Gasteiger partial charge in [0.1, 0.15) is 0 Å². The Kier molecular flexibility index (Phi) is 5.76. The molecule has 0 N–H and O–H groups in total. The molecule has 0 aliphatic carbocycles. The molecule has 0 amide bonds. The molecule has 0 aliphatic heterocycles. The molecule has 1 aromatic heterocycles. The normalized spacial score (nSPS) is 11.1. The van der Waals surface area contributed by atoms with Crippen LogP contribution in [0.15, 0.2) is 48.5 Å². The van der Waals surface area contributed by atoms with E-state index in [2.05, 4.69) is 42.2 Å². The second-order valence-electron chi connectivity index (χ2n) is 6.05. The fourth-order valence-electron chi connectivity index (χ4n) is 3.03. The zero-order chi connectivity index (χ0) is 16.9. The molecular weight excluding hydrogens is 337 g/mol. The Morgan fingerprint density at radius 1 is 0.958 bits per heavy atom. The first-order chi connectivity index (χ1) is 11.7. The van der Waals surface area contributed by atoms with Crippen molar-refractivity contribution in [2.45, 2.75) is 38.5 Å². The van der Waals surface area contributed by atoms with Crippen LogP contribution in [0, 0.1) is 0 Å². The molecular formula is C21H21Cl2N. The van der Waals surface area contributed by atoms with Gasteiger partial charge in [-0.25, -0.2) is 4.98 Å². The Hall–Kier alpha value is -1.57. The van der Waals surface area contributed by atoms with Crippen molar-refractivity contribution in [3.63, 3.8) is 0 Å². The van der Waals surface area contributed by atoms with Gasteiger partial charge in [-0.3, -0.25) is 0 Å². The van der Waals surface area contributed by atoms with E-state index in [1.54, 1.807) is 0 Å². The Labute approximate surface area is 153 Å². The molecule has 0 radical (unpaired) electrons. The minimum Gasteiger partial charge on any atom is -0.250 e. The van der Waals surface area contributed by atoms with Gasteiger partial charge in [-0.1, -0.05) is 73.8 Å². The molecule has 0 fully saturated rings. The number of fused-ring (bicyclic) bond motifs is 1. The van der Waals surface area contributed by atoms with Crippen LogP contribution in [0.1, 0.15) is 37.4 Å². The average Bonchev–Trinajstić information content (AvgIpc) is 2.62. The maximum absolute atomic E-state index is 6.62. The summed E-state index contributed by atoms with van der Waals surface area (Å²) in [7, 11) is 0. The number of para-hydroxylation sites is 1. The molecule has 0 aliphatic rings. The second kappa shape index (κ2) is 8.00. The zero-order valence-electron chi connectivity index (χ0n) is 13.9. The molecule has 3 rings (SSSR count). The van der Waals surface area contributed by atoms with Gasteiger partial charge in [0.25, 0.3) is 0 Å². The van der Waals surface area contributed by atoms with Gasteiger partial charge in [0.2, 0.25) is 0 Å². The highest BCUT2D eigenvalue weighted by molar-refractivity contribution is 6.36. The summed E-state index contributed by atoms with van der Waals surface area (Å²) in [5, 5.41) is 1.72. The van der Waals surface area contributed by atoms with Gasteiger partial charge in [0.05, 0.1) is 22.1 Å². The van der Waals surface area contributed by atoms with Crippen molar-refractivity contribution in [1.29, 1.82) is 0 Å². The van der Waals surface area contributed by atoms with Crippen molar-refractivity contribution in [3.05, 3.63) is 64.8 Å². The zero-order valence-corrected chi connectivity index (χ0v) is 15.4. The lowest BCUT2D eigenvalue weighted by Crippen LogP contribution is -1.94. The molecule has 0 unspecified atom stereocenters. The molecule has 0 spiro atoms. The maximum Gasteiger partial charge on any atom is 0.0751 e. The topological polar surface area (TPSA) is 12.9 Å². The van der Waals surface area contributed by atoms with Crippen LogP contribution in [0.4, 0.5) is 0 Å². The quantitative estimate of drug-likeness (QED) is 0.341. The summed E-state index contributed by atoms with van der Waals surface area (Å²) in [5.41, 5.74) is 5.18. The van der Waals surface area contributed by atoms with Gasteiger partial charge in [0, 0.05) is 10.9 Å². The Morgan fingerprint density at radius 2 is 1.71 bits per heavy atom. The van der Waals surface area contributed by atoms with Crippen LogP contribution in [-0.4, -0.2) is 4.98 Å². The summed E-state index contributed by atoms with van der Waals surface area (Å²) < 4.78 is 0. The molecule has 124 valence electrons. The second-order valence-corrected chi connectivity index (χ2v) is 6.70. The number of rotatable bonds is 6. The molecule has 3 heteroatoms. The highest BCUT2D eigenvalue weighted by atomic mass is 35.5. The fourth-order valence-corrected chi connectivity index (χ4v) is 3.61. The van der Waals surface area contributed by atoms with E-state index in [9.17, 15) is 0 Å². The molecule has 0 atom stereocenters.